The molecule has 0 bridgehead atoms. The Morgan fingerprint density at radius 1 is 1.00 bits per heavy atom. The third kappa shape index (κ3) is 4.62. The number of ether oxygens (including phenoxy) is 2. The number of methoxy groups -OCH3 is 2. The Labute approximate surface area is 211 Å². The van der Waals surface area contributed by atoms with Gasteiger partial charge in [0.1, 0.15) is 16.0 Å². The van der Waals surface area contributed by atoms with Gasteiger partial charge in [0.25, 0.3) is 0 Å². The molecule has 7 nitrogen and oxygen atoms in total. The van der Waals surface area contributed by atoms with Crippen molar-refractivity contribution in [1.82, 2.24) is 0 Å². The van der Waals surface area contributed by atoms with E-state index in [1.165, 1.54) is 19.1 Å². The Balaban J connectivity index is 2.40. The summed E-state index contributed by atoms with van der Waals surface area (Å²) in [4.78, 5) is 27.4. The van der Waals surface area contributed by atoms with E-state index in [1.54, 1.807) is 54.6 Å². The monoisotopic (exact) mass is 517 g/mol. The Morgan fingerprint density at radius 3 is 2.21 bits per heavy atom. The zero-order valence-corrected chi connectivity index (χ0v) is 20.3. The molecule has 1 aliphatic rings. The average molecular weight is 519 g/mol. The first-order chi connectivity index (χ1) is 16.3. The first-order valence-electron chi connectivity index (χ1n) is 9.73. The number of benzene rings is 2. The van der Waals surface area contributed by atoms with Crippen LogP contribution < -0.4 is 10.6 Å². The van der Waals surface area contributed by atoms with Gasteiger partial charge >= 0.3 is 11.9 Å². The highest BCUT2D eigenvalue weighted by atomic mass is 35.5. The lowest BCUT2D eigenvalue weighted by Crippen LogP contribution is -2.40. The van der Waals surface area contributed by atoms with Crippen LogP contribution in [-0.4, -0.2) is 26.2 Å². The number of esters is 2. The molecular weight excluding hydrogens is 501 g/mol. The average Bonchev–Trinajstić information content (AvgIpc) is 2.86. The summed E-state index contributed by atoms with van der Waals surface area (Å²) in [5.74, 6) is -2.72. The van der Waals surface area contributed by atoms with Gasteiger partial charge in [-0.2, -0.15) is 5.26 Å². The van der Waals surface area contributed by atoms with Crippen LogP contribution in [0.15, 0.2) is 81.8 Å². The smallest absolute Gasteiger partial charge is 0.355 e. The molecule has 2 aromatic carbocycles. The fraction of sp³-hybridized carbons (Fsp3) is 0.125. The summed E-state index contributed by atoms with van der Waals surface area (Å²) in [7, 11) is 2.35. The van der Waals surface area contributed by atoms with E-state index in [9.17, 15) is 14.9 Å². The number of carbonyl (C=O) groups excluding carboxylic acids is 2. The Hall–Kier alpha value is -3.44. The quantitative estimate of drug-likeness (QED) is 0.560. The van der Waals surface area contributed by atoms with Gasteiger partial charge in [0.2, 0.25) is 0 Å². The van der Waals surface area contributed by atoms with Crippen LogP contribution in [0.2, 0.25) is 0 Å². The Bertz CT molecular complexity index is 1280. The van der Waals surface area contributed by atoms with Crippen LogP contribution in [0.5, 0.6) is 0 Å². The number of rotatable bonds is 5. The van der Waals surface area contributed by atoms with E-state index < -0.39 is 17.9 Å². The van der Waals surface area contributed by atoms with Crippen molar-refractivity contribution in [1.29, 1.82) is 5.26 Å². The molecule has 0 radical (unpaired) electrons. The van der Waals surface area contributed by atoms with Gasteiger partial charge in [0.15, 0.2) is 0 Å². The highest BCUT2D eigenvalue weighted by Crippen LogP contribution is 2.43. The molecule has 1 unspecified atom stereocenters. The summed E-state index contributed by atoms with van der Waals surface area (Å²) in [6.45, 7) is 0. The molecule has 0 fully saturated rings. The number of hydrogen-bond donors (Lipinski definition) is 1. The van der Waals surface area contributed by atoms with Gasteiger partial charge in [-0.1, -0.05) is 77.3 Å². The molecule has 10 heteroatoms. The number of anilines is 1. The van der Waals surface area contributed by atoms with Crippen LogP contribution in [0.25, 0.3) is 5.03 Å². The van der Waals surface area contributed by atoms with E-state index in [2.05, 4.69) is 6.07 Å². The van der Waals surface area contributed by atoms with E-state index in [4.69, 9.17) is 50.0 Å². The van der Waals surface area contributed by atoms with Crippen LogP contribution in [-0.2, 0) is 19.1 Å². The van der Waals surface area contributed by atoms with Crippen molar-refractivity contribution < 1.29 is 19.1 Å². The van der Waals surface area contributed by atoms with E-state index in [0.717, 1.165) is 0 Å². The zero-order chi connectivity index (χ0) is 25.0. The van der Waals surface area contributed by atoms with E-state index in [0.29, 0.717) is 16.8 Å². The lowest BCUT2D eigenvalue weighted by molar-refractivity contribution is -0.139. The standard InChI is InChI=1S/C24H18Cl3N3O4/c1-33-23(31)18-17(13-7-4-3-5-8-13)16(12-28)22(29)30(20(18)24(32)34-2)15-10-6-9-14(11-15)19(25)21(26)27/h3-11,17H,29H2,1-2H3. The lowest BCUT2D eigenvalue weighted by atomic mass is 9.81. The fourth-order valence-corrected chi connectivity index (χ4v) is 4.01. The summed E-state index contributed by atoms with van der Waals surface area (Å²) < 4.78 is 9.84. The number of nitriles is 1. The molecule has 1 atom stereocenters. The summed E-state index contributed by atoms with van der Waals surface area (Å²) in [5, 5.41) is 10.1. The molecule has 0 spiro atoms. The largest absolute Gasteiger partial charge is 0.466 e. The van der Waals surface area contributed by atoms with Gasteiger partial charge in [0.05, 0.1) is 42.4 Å². The minimum Gasteiger partial charge on any atom is -0.466 e. The van der Waals surface area contributed by atoms with Crippen LogP contribution in [0.3, 0.4) is 0 Å². The maximum absolute atomic E-state index is 13.1. The summed E-state index contributed by atoms with van der Waals surface area (Å²) in [6.07, 6.45) is 0. The molecule has 2 aromatic rings. The van der Waals surface area contributed by atoms with Crippen molar-refractivity contribution in [2.45, 2.75) is 5.92 Å². The number of nitrogens with zero attached hydrogens (tertiary/aromatic N) is 2. The van der Waals surface area contributed by atoms with E-state index in [-0.39, 0.29) is 32.2 Å². The van der Waals surface area contributed by atoms with Crippen molar-refractivity contribution >= 4 is 57.5 Å². The Morgan fingerprint density at radius 2 is 1.65 bits per heavy atom. The number of carbonyl (C=O) groups is 2. The molecule has 3 rings (SSSR count). The topological polar surface area (TPSA) is 106 Å². The van der Waals surface area contributed by atoms with E-state index in [1.807, 2.05) is 0 Å². The van der Waals surface area contributed by atoms with Gasteiger partial charge in [-0.25, -0.2) is 9.59 Å². The number of hydrogen-bond acceptors (Lipinski definition) is 7. The summed E-state index contributed by atoms with van der Waals surface area (Å²) >= 11 is 17.8. The third-order valence-electron chi connectivity index (χ3n) is 5.13. The van der Waals surface area contributed by atoms with Gasteiger partial charge in [-0.15, -0.1) is 0 Å². The minimum atomic E-state index is -0.965. The summed E-state index contributed by atoms with van der Waals surface area (Å²) in [6, 6.07) is 17.2. The second-order valence-electron chi connectivity index (χ2n) is 6.96. The first kappa shape index (κ1) is 25.2. The molecule has 0 saturated heterocycles. The van der Waals surface area contributed by atoms with Crippen LogP contribution in [0.4, 0.5) is 5.69 Å². The minimum absolute atomic E-state index is 0.0432. The maximum Gasteiger partial charge on any atom is 0.355 e. The molecule has 0 aliphatic carbocycles. The predicted molar refractivity (Wildman–Crippen MR) is 130 cm³/mol. The van der Waals surface area contributed by atoms with Crippen molar-refractivity contribution in [2.75, 3.05) is 19.1 Å². The van der Waals surface area contributed by atoms with Crippen molar-refractivity contribution in [3.8, 4) is 6.07 Å². The number of allylic oxidation sites excluding steroid dienone is 1. The van der Waals surface area contributed by atoms with Crippen LogP contribution in [0.1, 0.15) is 17.0 Å². The number of nitrogens with two attached hydrogens (primary N) is 1. The van der Waals surface area contributed by atoms with Crippen molar-refractivity contribution in [2.24, 2.45) is 5.73 Å². The molecule has 2 N–H and O–H groups in total. The lowest BCUT2D eigenvalue weighted by Gasteiger charge is -2.36. The number of halogens is 3. The third-order valence-corrected chi connectivity index (χ3v) is 6.11. The van der Waals surface area contributed by atoms with Gasteiger partial charge in [-0.05, 0) is 23.3 Å². The molecule has 1 heterocycles. The first-order valence-corrected chi connectivity index (χ1v) is 10.9. The fourth-order valence-electron chi connectivity index (χ4n) is 3.67. The van der Waals surface area contributed by atoms with Crippen molar-refractivity contribution in [3.63, 3.8) is 0 Å². The molecule has 34 heavy (non-hydrogen) atoms. The second kappa shape index (κ2) is 10.7. The SMILES string of the molecule is COC(=O)C1=C(C(=O)OC)N(c2cccc(C(Cl)=C(Cl)Cl)c2)C(N)=C(C#N)C1c1ccccc1. The highest BCUT2D eigenvalue weighted by Gasteiger charge is 2.43. The van der Waals surface area contributed by atoms with E-state index >= 15 is 0 Å². The molecule has 1 aliphatic heterocycles. The predicted octanol–water partition coefficient (Wildman–Crippen LogP) is 4.93. The molecule has 174 valence electrons. The van der Waals surface area contributed by atoms with Gasteiger partial charge in [0, 0.05) is 5.69 Å². The van der Waals surface area contributed by atoms with Gasteiger partial charge < -0.3 is 15.2 Å². The van der Waals surface area contributed by atoms with Gasteiger partial charge in [-0.3, -0.25) is 4.90 Å². The normalized spacial score (nSPS) is 15.5. The maximum atomic E-state index is 13.1. The molecule has 0 aromatic heterocycles. The Kier molecular flexibility index (Phi) is 7.90. The molecule has 0 saturated carbocycles. The molecule has 0 amide bonds. The van der Waals surface area contributed by atoms with Crippen LogP contribution in [0, 0.1) is 11.3 Å². The van der Waals surface area contributed by atoms with Crippen molar-refractivity contribution in [3.05, 3.63) is 92.9 Å². The summed E-state index contributed by atoms with van der Waals surface area (Å²) in [5.41, 5.74) is 7.49. The second-order valence-corrected chi connectivity index (χ2v) is 8.29. The highest BCUT2D eigenvalue weighted by molar-refractivity contribution is 6.66. The molecular formula is C24H18Cl3N3O4. The van der Waals surface area contributed by atoms with Crippen LogP contribution >= 0.6 is 34.8 Å². The zero-order valence-electron chi connectivity index (χ0n) is 18.0.